The van der Waals surface area contributed by atoms with Crippen LogP contribution in [0, 0.1) is 0 Å². The molecule has 2 rings (SSSR count). The number of nitrogens with zero attached hydrogens (tertiary/aromatic N) is 2. The van der Waals surface area contributed by atoms with E-state index >= 15 is 0 Å². The molecule has 0 aromatic carbocycles. The van der Waals surface area contributed by atoms with Gasteiger partial charge in [0.05, 0.1) is 27.2 Å². The quantitative estimate of drug-likeness (QED) is 0.565. The highest BCUT2D eigenvalue weighted by Crippen LogP contribution is 2.20. The van der Waals surface area contributed by atoms with Crippen molar-refractivity contribution in [2.75, 3.05) is 6.61 Å². The number of halogens is 4. The van der Waals surface area contributed by atoms with E-state index in [1.165, 1.54) is 24.4 Å². The summed E-state index contributed by atoms with van der Waals surface area (Å²) < 4.78 is 4.87. The predicted molar refractivity (Wildman–Crippen MR) is 87.5 cm³/mol. The number of carbonyl (C=O) groups excluding carboxylic acids is 2. The van der Waals surface area contributed by atoms with Crippen LogP contribution in [0.4, 0.5) is 0 Å². The third-order valence-electron chi connectivity index (χ3n) is 2.62. The fourth-order valence-corrected chi connectivity index (χ4v) is 2.36. The lowest BCUT2D eigenvalue weighted by Crippen LogP contribution is -2.17. The van der Waals surface area contributed by atoms with Gasteiger partial charge in [-0.1, -0.05) is 46.4 Å². The van der Waals surface area contributed by atoms with Crippen molar-refractivity contribution in [1.29, 1.82) is 0 Å². The third kappa shape index (κ3) is 5.04. The molecule has 0 radical (unpaired) electrons. The van der Waals surface area contributed by atoms with Gasteiger partial charge in [-0.3, -0.25) is 9.78 Å². The summed E-state index contributed by atoms with van der Waals surface area (Å²) in [7, 11) is 0. The Hall–Kier alpha value is -1.40. The van der Waals surface area contributed by atoms with Crippen LogP contribution in [-0.4, -0.2) is 28.3 Å². The first-order valence-corrected chi connectivity index (χ1v) is 7.69. The number of hydrogen-bond acceptors (Lipinski definition) is 5. The van der Waals surface area contributed by atoms with E-state index in [-0.39, 0.29) is 27.3 Å². The highest BCUT2D eigenvalue weighted by atomic mass is 35.5. The number of pyridine rings is 2. The summed E-state index contributed by atoms with van der Waals surface area (Å²) in [4.78, 5) is 31.4. The summed E-state index contributed by atoms with van der Waals surface area (Å²) in [6.45, 7) is -0.468. The van der Waals surface area contributed by atoms with Gasteiger partial charge in [0.25, 0.3) is 0 Å². The molecule has 5 nitrogen and oxygen atoms in total. The molecule has 0 aliphatic carbocycles. The highest BCUT2D eigenvalue weighted by Gasteiger charge is 2.17. The molecule has 0 fully saturated rings. The molecule has 0 bridgehead atoms. The van der Waals surface area contributed by atoms with Gasteiger partial charge in [-0.25, -0.2) is 9.78 Å². The van der Waals surface area contributed by atoms with Crippen LogP contribution in [0.25, 0.3) is 0 Å². The van der Waals surface area contributed by atoms with Crippen molar-refractivity contribution in [2.45, 2.75) is 6.42 Å². The van der Waals surface area contributed by atoms with E-state index in [9.17, 15) is 9.59 Å². The fraction of sp³-hybridized carbons (Fsp3) is 0.143. The van der Waals surface area contributed by atoms with E-state index in [4.69, 9.17) is 51.1 Å². The van der Waals surface area contributed by atoms with Gasteiger partial charge < -0.3 is 4.74 Å². The number of hydrogen-bond donors (Lipinski definition) is 0. The summed E-state index contributed by atoms with van der Waals surface area (Å²) in [5, 5.41) is 0.787. The lowest BCUT2D eigenvalue weighted by atomic mass is 10.2. The normalized spacial score (nSPS) is 10.4. The molecule has 0 saturated heterocycles. The van der Waals surface area contributed by atoms with Crippen molar-refractivity contribution in [2.24, 2.45) is 0 Å². The van der Waals surface area contributed by atoms with Crippen LogP contribution >= 0.6 is 46.4 Å². The second-order valence-corrected chi connectivity index (χ2v) is 5.98. The Labute approximate surface area is 151 Å². The third-order valence-corrected chi connectivity index (χ3v) is 3.67. The predicted octanol–water partition coefficient (Wildman–Crippen LogP) is 4.06. The van der Waals surface area contributed by atoms with Crippen molar-refractivity contribution < 1.29 is 14.3 Å². The molecule has 23 heavy (non-hydrogen) atoms. The zero-order chi connectivity index (χ0) is 17.0. The highest BCUT2D eigenvalue weighted by molar-refractivity contribution is 6.35. The largest absolute Gasteiger partial charge is 0.453 e. The minimum absolute atomic E-state index is 0.0780. The Balaban J connectivity index is 1.96. The number of rotatable bonds is 5. The Bertz CT molecular complexity index is 768. The maximum Gasteiger partial charge on any atom is 0.358 e. The Kier molecular flexibility index (Phi) is 6.18. The van der Waals surface area contributed by atoms with Gasteiger partial charge in [0.2, 0.25) is 0 Å². The number of ketones is 1. The van der Waals surface area contributed by atoms with Crippen molar-refractivity contribution in [3.8, 4) is 0 Å². The molecule has 2 heterocycles. The van der Waals surface area contributed by atoms with Gasteiger partial charge in [-0.15, -0.1) is 0 Å². The first kappa shape index (κ1) is 17.9. The van der Waals surface area contributed by atoms with Crippen molar-refractivity contribution in [3.63, 3.8) is 0 Å². The molecule has 0 spiro atoms. The van der Waals surface area contributed by atoms with Crippen molar-refractivity contribution in [1.82, 2.24) is 9.97 Å². The van der Waals surface area contributed by atoms with Crippen LogP contribution in [0.1, 0.15) is 16.2 Å². The zero-order valence-corrected chi connectivity index (χ0v) is 14.4. The minimum atomic E-state index is -0.846. The summed E-state index contributed by atoms with van der Waals surface area (Å²) in [5.74, 6) is -1.24. The van der Waals surface area contributed by atoms with E-state index < -0.39 is 18.4 Å². The van der Waals surface area contributed by atoms with Crippen LogP contribution in [-0.2, 0) is 16.0 Å². The average molecular weight is 394 g/mol. The molecule has 0 N–H and O–H groups in total. The topological polar surface area (TPSA) is 69.2 Å². The van der Waals surface area contributed by atoms with Crippen LogP contribution in [0.3, 0.4) is 0 Å². The Morgan fingerprint density at radius 1 is 1.09 bits per heavy atom. The van der Waals surface area contributed by atoms with Gasteiger partial charge in [0.1, 0.15) is 5.15 Å². The lowest BCUT2D eigenvalue weighted by molar-refractivity contribution is -0.121. The van der Waals surface area contributed by atoms with Crippen LogP contribution < -0.4 is 0 Å². The molecular formula is C14H8Cl4N2O3. The van der Waals surface area contributed by atoms with Crippen LogP contribution in [0.15, 0.2) is 24.4 Å². The number of Topliss-reactive ketones (excluding diaryl/α,β-unsaturated/α-hetero) is 1. The molecule has 0 aliphatic heterocycles. The Morgan fingerprint density at radius 2 is 1.83 bits per heavy atom. The molecule has 9 heteroatoms. The maximum atomic E-state index is 11.8. The molecule has 2 aromatic rings. The van der Waals surface area contributed by atoms with Gasteiger partial charge in [-0.05, 0) is 18.2 Å². The summed E-state index contributed by atoms with van der Waals surface area (Å²) in [6.07, 6.45) is 1.28. The smallest absolute Gasteiger partial charge is 0.358 e. The second kappa shape index (κ2) is 7.93. The standard InChI is InChI=1S/C14H8Cl4N2O3/c15-7-3-10(17)11(19-5-7)4-8(21)6-23-14(22)13-9(16)1-2-12(18)20-13/h1-3,5H,4,6H2. The summed E-state index contributed by atoms with van der Waals surface area (Å²) >= 11 is 23.1. The monoisotopic (exact) mass is 392 g/mol. The first-order chi connectivity index (χ1) is 10.9. The van der Waals surface area contributed by atoms with Crippen LogP contribution in [0.5, 0.6) is 0 Å². The molecule has 0 amide bonds. The number of ether oxygens (including phenoxy) is 1. The van der Waals surface area contributed by atoms with E-state index in [1.807, 2.05) is 0 Å². The van der Waals surface area contributed by atoms with Gasteiger partial charge in [0.15, 0.2) is 18.1 Å². The van der Waals surface area contributed by atoms with Gasteiger partial charge in [0, 0.05) is 6.20 Å². The molecule has 120 valence electrons. The number of carbonyl (C=O) groups is 2. The number of aromatic nitrogens is 2. The average Bonchev–Trinajstić information content (AvgIpc) is 2.50. The first-order valence-electron chi connectivity index (χ1n) is 6.17. The zero-order valence-electron chi connectivity index (χ0n) is 11.4. The van der Waals surface area contributed by atoms with E-state index in [1.54, 1.807) is 0 Å². The van der Waals surface area contributed by atoms with Crippen molar-refractivity contribution in [3.05, 3.63) is 56.0 Å². The molecule has 0 atom stereocenters. The van der Waals surface area contributed by atoms with Crippen LogP contribution in [0.2, 0.25) is 20.2 Å². The van der Waals surface area contributed by atoms with Crippen molar-refractivity contribution >= 4 is 58.2 Å². The molecule has 0 saturated carbocycles. The second-order valence-electron chi connectivity index (χ2n) is 4.34. The molecule has 2 aromatic heterocycles. The molecule has 0 unspecified atom stereocenters. The maximum absolute atomic E-state index is 11.8. The van der Waals surface area contributed by atoms with Gasteiger partial charge >= 0.3 is 5.97 Å². The number of esters is 1. The van der Waals surface area contributed by atoms with E-state index in [0.29, 0.717) is 10.7 Å². The summed E-state index contributed by atoms with van der Waals surface area (Å²) in [5.41, 5.74) is 0.186. The minimum Gasteiger partial charge on any atom is -0.453 e. The van der Waals surface area contributed by atoms with E-state index in [0.717, 1.165) is 0 Å². The fourth-order valence-electron chi connectivity index (χ4n) is 1.59. The summed E-state index contributed by atoms with van der Waals surface area (Å²) in [6, 6.07) is 4.31. The van der Waals surface area contributed by atoms with E-state index in [2.05, 4.69) is 9.97 Å². The SMILES string of the molecule is O=C(COC(=O)c1nc(Cl)ccc1Cl)Cc1ncc(Cl)cc1Cl. The Morgan fingerprint density at radius 3 is 2.52 bits per heavy atom. The molecular weight excluding hydrogens is 386 g/mol. The lowest BCUT2D eigenvalue weighted by Gasteiger charge is -2.06. The molecule has 0 aliphatic rings. The van der Waals surface area contributed by atoms with Gasteiger partial charge in [-0.2, -0.15) is 0 Å².